The van der Waals surface area contributed by atoms with Gasteiger partial charge in [0, 0.05) is 20.0 Å². The van der Waals surface area contributed by atoms with Crippen LogP contribution in [-0.2, 0) is 4.79 Å². The Balaban J connectivity index is 3.00. The molecule has 82 valence electrons. The minimum atomic E-state index is -0.104. The van der Waals surface area contributed by atoms with E-state index in [2.05, 4.69) is 0 Å². The maximum absolute atomic E-state index is 11.6. The van der Waals surface area contributed by atoms with Crippen molar-refractivity contribution in [2.45, 2.75) is 6.42 Å². The lowest BCUT2D eigenvalue weighted by molar-refractivity contribution is -0.118. The van der Waals surface area contributed by atoms with Crippen molar-refractivity contribution in [3.63, 3.8) is 0 Å². The highest BCUT2D eigenvalue weighted by atomic mass is 35.5. The number of rotatable bonds is 3. The molecule has 1 amide bonds. The Hall–Kier alpha value is -0.770. The molecule has 1 rings (SSSR count). The van der Waals surface area contributed by atoms with Crippen molar-refractivity contribution in [1.82, 2.24) is 0 Å². The Morgan fingerprint density at radius 1 is 1.40 bits per heavy atom. The largest absolute Gasteiger partial charge is 0.330 e. The second-order valence-electron chi connectivity index (χ2n) is 3.06. The normalized spacial score (nSPS) is 10.1. The van der Waals surface area contributed by atoms with Crippen molar-refractivity contribution in [3.8, 4) is 0 Å². The summed E-state index contributed by atoms with van der Waals surface area (Å²) in [4.78, 5) is 13.0. The van der Waals surface area contributed by atoms with Gasteiger partial charge in [-0.2, -0.15) is 0 Å². The summed E-state index contributed by atoms with van der Waals surface area (Å²) in [5, 5.41) is 0.908. The van der Waals surface area contributed by atoms with Crippen LogP contribution in [0.1, 0.15) is 6.42 Å². The van der Waals surface area contributed by atoms with Crippen molar-refractivity contribution in [3.05, 3.63) is 28.2 Å². The second-order valence-corrected chi connectivity index (χ2v) is 3.88. The predicted octanol–water partition coefficient (Wildman–Crippen LogP) is 2.31. The van der Waals surface area contributed by atoms with Gasteiger partial charge >= 0.3 is 0 Å². The molecule has 0 aliphatic rings. The van der Waals surface area contributed by atoms with Gasteiger partial charge in [0.15, 0.2) is 0 Å². The van der Waals surface area contributed by atoms with Crippen LogP contribution in [0.15, 0.2) is 18.2 Å². The van der Waals surface area contributed by atoms with Crippen LogP contribution in [0.4, 0.5) is 5.69 Å². The molecule has 3 nitrogen and oxygen atoms in total. The third-order valence-electron chi connectivity index (χ3n) is 2.01. The molecular weight excluding hydrogens is 235 g/mol. The van der Waals surface area contributed by atoms with E-state index in [1.165, 1.54) is 4.90 Å². The average molecular weight is 247 g/mol. The van der Waals surface area contributed by atoms with Gasteiger partial charge in [-0.3, -0.25) is 4.79 Å². The van der Waals surface area contributed by atoms with Gasteiger partial charge in [0.05, 0.1) is 15.7 Å². The molecular formula is C10H12Cl2N2O. The van der Waals surface area contributed by atoms with E-state index in [9.17, 15) is 4.79 Å². The third kappa shape index (κ3) is 2.84. The summed E-state index contributed by atoms with van der Waals surface area (Å²) in [7, 11) is 1.63. The summed E-state index contributed by atoms with van der Waals surface area (Å²) in [6.07, 6.45) is 0.276. The minimum Gasteiger partial charge on any atom is -0.330 e. The monoisotopic (exact) mass is 246 g/mol. The van der Waals surface area contributed by atoms with Crippen LogP contribution in [0, 0.1) is 0 Å². The van der Waals surface area contributed by atoms with Crippen LogP contribution in [-0.4, -0.2) is 19.5 Å². The summed E-state index contributed by atoms with van der Waals surface area (Å²) in [6, 6.07) is 5.11. The molecule has 0 bridgehead atoms. The fraction of sp³-hybridized carbons (Fsp3) is 0.300. The van der Waals surface area contributed by atoms with Gasteiger partial charge in [-0.15, -0.1) is 0 Å². The maximum atomic E-state index is 11.6. The highest BCUT2D eigenvalue weighted by molar-refractivity contribution is 6.39. The predicted molar refractivity (Wildman–Crippen MR) is 63.5 cm³/mol. The van der Waals surface area contributed by atoms with E-state index in [1.54, 1.807) is 25.2 Å². The first kappa shape index (κ1) is 12.3. The van der Waals surface area contributed by atoms with Crippen LogP contribution in [0.2, 0.25) is 10.0 Å². The number of halogens is 2. The molecule has 15 heavy (non-hydrogen) atoms. The lowest BCUT2D eigenvalue weighted by atomic mass is 10.2. The summed E-state index contributed by atoms with van der Waals surface area (Å²) in [5.41, 5.74) is 5.84. The zero-order valence-electron chi connectivity index (χ0n) is 8.34. The summed E-state index contributed by atoms with van der Waals surface area (Å²) < 4.78 is 0. The van der Waals surface area contributed by atoms with Crippen molar-refractivity contribution in [2.75, 3.05) is 18.5 Å². The number of carbonyl (C=O) groups is 1. The number of hydrogen-bond acceptors (Lipinski definition) is 2. The van der Waals surface area contributed by atoms with Gasteiger partial charge in [-0.1, -0.05) is 29.3 Å². The highest BCUT2D eigenvalue weighted by Crippen LogP contribution is 2.32. The van der Waals surface area contributed by atoms with Gasteiger partial charge in [-0.05, 0) is 12.1 Å². The molecule has 2 N–H and O–H groups in total. The molecule has 0 atom stereocenters. The summed E-state index contributed by atoms with van der Waals surface area (Å²) in [6.45, 7) is 0.311. The molecule has 0 saturated heterocycles. The van der Waals surface area contributed by atoms with E-state index in [-0.39, 0.29) is 12.3 Å². The van der Waals surface area contributed by atoms with E-state index >= 15 is 0 Å². The SMILES string of the molecule is CN(C(=O)CCN)c1c(Cl)cccc1Cl. The Morgan fingerprint density at radius 3 is 2.40 bits per heavy atom. The standard InChI is InChI=1S/C10H12Cl2N2O/c1-14(9(15)5-6-13)10-7(11)3-2-4-8(10)12/h2-4H,5-6,13H2,1H3. The Labute approximate surface area is 98.8 Å². The highest BCUT2D eigenvalue weighted by Gasteiger charge is 2.15. The van der Waals surface area contributed by atoms with Crippen molar-refractivity contribution >= 4 is 34.8 Å². The van der Waals surface area contributed by atoms with Crippen LogP contribution in [0.3, 0.4) is 0 Å². The molecule has 0 unspecified atom stereocenters. The second kappa shape index (κ2) is 5.35. The van der Waals surface area contributed by atoms with Crippen LogP contribution >= 0.6 is 23.2 Å². The molecule has 0 saturated carbocycles. The summed E-state index contributed by atoms with van der Waals surface area (Å²) in [5.74, 6) is -0.104. The fourth-order valence-corrected chi connectivity index (χ4v) is 1.88. The molecule has 0 radical (unpaired) electrons. The van der Waals surface area contributed by atoms with Gasteiger partial charge in [0.1, 0.15) is 0 Å². The zero-order chi connectivity index (χ0) is 11.4. The quantitative estimate of drug-likeness (QED) is 0.890. The van der Waals surface area contributed by atoms with E-state index in [0.717, 1.165) is 0 Å². The molecule has 0 spiro atoms. The van der Waals surface area contributed by atoms with Crippen LogP contribution in [0.25, 0.3) is 0 Å². The van der Waals surface area contributed by atoms with Gasteiger partial charge in [0.25, 0.3) is 0 Å². The Morgan fingerprint density at radius 2 is 1.93 bits per heavy atom. The topological polar surface area (TPSA) is 46.3 Å². The molecule has 0 aliphatic carbocycles. The third-order valence-corrected chi connectivity index (χ3v) is 2.62. The van der Waals surface area contributed by atoms with Crippen molar-refractivity contribution < 1.29 is 4.79 Å². The molecule has 0 fully saturated rings. The van der Waals surface area contributed by atoms with Gasteiger partial charge < -0.3 is 10.6 Å². The molecule has 0 aliphatic heterocycles. The lowest BCUT2D eigenvalue weighted by Gasteiger charge is -2.19. The Bertz CT molecular complexity index is 348. The Kier molecular flexibility index (Phi) is 4.39. The van der Waals surface area contributed by atoms with E-state index < -0.39 is 0 Å². The van der Waals surface area contributed by atoms with Gasteiger partial charge in [0.2, 0.25) is 5.91 Å². The van der Waals surface area contributed by atoms with Crippen molar-refractivity contribution in [1.29, 1.82) is 0 Å². The average Bonchev–Trinajstić information content (AvgIpc) is 2.17. The van der Waals surface area contributed by atoms with Gasteiger partial charge in [-0.25, -0.2) is 0 Å². The number of carbonyl (C=O) groups excluding carboxylic acids is 1. The number of anilines is 1. The number of nitrogens with two attached hydrogens (primary N) is 1. The number of nitrogens with zero attached hydrogens (tertiary/aromatic N) is 1. The maximum Gasteiger partial charge on any atom is 0.228 e. The fourth-order valence-electron chi connectivity index (χ4n) is 1.23. The molecule has 0 aromatic heterocycles. The molecule has 0 heterocycles. The van der Waals surface area contributed by atoms with Crippen LogP contribution in [0.5, 0.6) is 0 Å². The van der Waals surface area contributed by atoms with E-state index in [4.69, 9.17) is 28.9 Å². The zero-order valence-corrected chi connectivity index (χ0v) is 9.85. The van der Waals surface area contributed by atoms with Crippen LogP contribution < -0.4 is 10.6 Å². The van der Waals surface area contributed by atoms with E-state index in [1.807, 2.05) is 0 Å². The first-order chi connectivity index (χ1) is 7.07. The molecule has 1 aromatic carbocycles. The number of benzene rings is 1. The number of amides is 1. The minimum absolute atomic E-state index is 0.104. The molecule has 5 heteroatoms. The number of hydrogen-bond donors (Lipinski definition) is 1. The summed E-state index contributed by atoms with van der Waals surface area (Å²) >= 11 is 11.9. The van der Waals surface area contributed by atoms with Crippen molar-refractivity contribution in [2.24, 2.45) is 5.73 Å². The van der Waals surface area contributed by atoms with E-state index in [0.29, 0.717) is 22.3 Å². The molecule has 1 aromatic rings. The first-order valence-electron chi connectivity index (χ1n) is 4.48. The smallest absolute Gasteiger partial charge is 0.228 e. The lowest BCUT2D eigenvalue weighted by Crippen LogP contribution is -2.28. The first-order valence-corrected chi connectivity index (χ1v) is 5.24. The number of para-hydroxylation sites is 1.